The van der Waals surface area contributed by atoms with Crippen LogP contribution in [-0.4, -0.2) is 16.1 Å². The van der Waals surface area contributed by atoms with E-state index in [4.69, 9.17) is 21.4 Å². The van der Waals surface area contributed by atoms with Crippen LogP contribution in [0.5, 0.6) is 10.9 Å². The number of carbonyl (C=O) groups is 1. The maximum Gasteiger partial charge on any atom is 0.349 e. The normalized spacial score (nSPS) is 10.5. The summed E-state index contributed by atoms with van der Waals surface area (Å²) in [6.45, 7) is 5.86. The highest BCUT2D eigenvalue weighted by Gasteiger charge is 2.18. The third-order valence-corrected chi connectivity index (χ3v) is 4.13. The number of rotatable bonds is 3. The van der Waals surface area contributed by atoms with Crippen molar-refractivity contribution in [3.8, 4) is 10.9 Å². The molecule has 1 N–H and O–H groups in total. The van der Waals surface area contributed by atoms with Crippen LogP contribution in [-0.2, 0) is 0 Å². The summed E-state index contributed by atoms with van der Waals surface area (Å²) >= 11 is 6.68. The number of benzene rings is 1. The molecule has 1 heterocycles. The monoisotopic (exact) mass is 297 g/mol. The maximum absolute atomic E-state index is 10.9. The van der Waals surface area contributed by atoms with E-state index in [0.29, 0.717) is 5.75 Å². The Morgan fingerprint density at radius 1 is 1.32 bits per heavy atom. The van der Waals surface area contributed by atoms with Crippen LogP contribution in [0.4, 0.5) is 0 Å². The highest BCUT2D eigenvalue weighted by molar-refractivity contribution is 7.15. The van der Waals surface area contributed by atoms with Gasteiger partial charge < -0.3 is 9.84 Å². The van der Waals surface area contributed by atoms with Crippen molar-refractivity contribution in [1.82, 2.24) is 4.98 Å². The largest absolute Gasteiger partial charge is 0.477 e. The topological polar surface area (TPSA) is 59.4 Å². The number of thiazole rings is 1. The van der Waals surface area contributed by atoms with Crippen molar-refractivity contribution in [2.24, 2.45) is 0 Å². The van der Waals surface area contributed by atoms with Gasteiger partial charge in [0.15, 0.2) is 10.0 Å². The molecule has 1 aromatic carbocycles. The summed E-state index contributed by atoms with van der Waals surface area (Å²) in [5.74, 6) is -0.405. The lowest BCUT2D eigenvalue weighted by Crippen LogP contribution is -1.92. The average Bonchev–Trinajstić information content (AvgIpc) is 2.71. The minimum Gasteiger partial charge on any atom is -0.477 e. The molecule has 0 radical (unpaired) electrons. The van der Waals surface area contributed by atoms with Crippen LogP contribution < -0.4 is 4.74 Å². The molecule has 0 spiro atoms. The number of carboxylic acids is 1. The first-order valence-electron chi connectivity index (χ1n) is 5.54. The molecule has 19 heavy (non-hydrogen) atoms. The second-order valence-corrected chi connectivity index (χ2v) is 5.48. The van der Waals surface area contributed by atoms with E-state index in [-0.39, 0.29) is 15.2 Å². The van der Waals surface area contributed by atoms with Gasteiger partial charge in [-0.15, -0.1) is 0 Å². The average molecular weight is 298 g/mol. The highest BCUT2D eigenvalue weighted by Crippen LogP contribution is 2.35. The van der Waals surface area contributed by atoms with Gasteiger partial charge in [0.25, 0.3) is 5.19 Å². The van der Waals surface area contributed by atoms with Crippen LogP contribution in [0.25, 0.3) is 0 Å². The number of aryl methyl sites for hydroxylation is 2. The SMILES string of the molecule is Cc1ccc(C)c(Oc2nc(Cl)c(C(=O)O)s2)c1C. The second-order valence-electron chi connectivity index (χ2n) is 4.16. The van der Waals surface area contributed by atoms with Crippen LogP contribution in [0.2, 0.25) is 5.15 Å². The van der Waals surface area contributed by atoms with Gasteiger partial charge in [-0.05, 0) is 37.5 Å². The molecule has 0 aliphatic rings. The number of ether oxygens (including phenoxy) is 1. The quantitative estimate of drug-likeness (QED) is 0.922. The Balaban J connectivity index is 2.39. The molecule has 6 heteroatoms. The van der Waals surface area contributed by atoms with Crippen molar-refractivity contribution < 1.29 is 14.6 Å². The van der Waals surface area contributed by atoms with Gasteiger partial charge in [0, 0.05) is 0 Å². The van der Waals surface area contributed by atoms with Gasteiger partial charge in [-0.25, -0.2) is 4.79 Å². The number of aromatic carboxylic acids is 1. The van der Waals surface area contributed by atoms with Gasteiger partial charge in [0.05, 0.1) is 0 Å². The summed E-state index contributed by atoms with van der Waals surface area (Å²) in [6.07, 6.45) is 0. The smallest absolute Gasteiger partial charge is 0.349 e. The molecule has 1 aromatic heterocycles. The van der Waals surface area contributed by atoms with Crippen molar-refractivity contribution in [3.63, 3.8) is 0 Å². The molecular formula is C13H12ClNO3S. The first-order chi connectivity index (χ1) is 8.90. The van der Waals surface area contributed by atoms with E-state index in [0.717, 1.165) is 28.0 Å². The first kappa shape index (κ1) is 13.8. The van der Waals surface area contributed by atoms with Gasteiger partial charge >= 0.3 is 5.97 Å². The molecule has 0 unspecified atom stereocenters. The molecule has 0 saturated heterocycles. The van der Waals surface area contributed by atoms with E-state index in [1.165, 1.54) is 0 Å². The third kappa shape index (κ3) is 2.72. The number of nitrogens with zero attached hydrogens (tertiary/aromatic N) is 1. The Bertz CT molecular complexity index is 652. The Hall–Kier alpha value is -1.59. The minimum absolute atomic E-state index is 0.0142. The van der Waals surface area contributed by atoms with E-state index in [2.05, 4.69) is 4.98 Å². The van der Waals surface area contributed by atoms with E-state index >= 15 is 0 Å². The summed E-state index contributed by atoms with van der Waals surface area (Å²) in [4.78, 5) is 14.8. The van der Waals surface area contributed by atoms with Crippen molar-refractivity contribution in [1.29, 1.82) is 0 Å². The zero-order chi connectivity index (χ0) is 14.2. The summed E-state index contributed by atoms with van der Waals surface area (Å²) < 4.78 is 5.69. The fourth-order valence-corrected chi connectivity index (χ4v) is 2.61. The van der Waals surface area contributed by atoms with Crippen molar-refractivity contribution in [2.75, 3.05) is 0 Å². The molecule has 0 aliphatic heterocycles. The Kier molecular flexibility index (Phi) is 3.78. The molecule has 2 rings (SSSR count). The Morgan fingerprint density at radius 2 is 1.95 bits per heavy atom. The second kappa shape index (κ2) is 5.19. The van der Waals surface area contributed by atoms with Gasteiger partial charge in [-0.1, -0.05) is 35.1 Å². The number of hydrogen-bond acceptors (Lipinski definition) is 4. The van der Waals surface area contributed by atoms with Crippen molar-refractivity contribution in [2.45, 2.75) is 20.8 Å². The number of hydrogen-bond donors (Lipinski definition) is 1. The standard InChI is InChI=1S/C13H12ClNO3S/c1-6-4-5-7(2)9(8(6)3)18-13-15-11(14)10(19-13)12(16)17/h4-5H,1-3H3,(H,16,17). The molecule has 4 nitrogen and oxygen atoms in total. The maximum atomic E-state index is 10.9. The molecule has 100 valence electrons. The summed E-state index contributed by atoms with van der Waals surface area (Å²) in [6, 6.07) is 3.96. The highest BCUT2D eigenvalue weighted by atomic mass is 35.5. The molecule has 0 saturated carbocycles. The fourth-order valence-electron chi connectivity index (χ4n) is 1.63. The Morgan fingerprint density at radius 3 is 2.53 bits per heavy atom. The number of aromatic nitrogens is 1. The Labute approximate surface area is 119 Å². The molecule has 0 aliphatic carbocycles. The molecule has 0 bridgehead atoms. The van der Waals surface area contributed by atoms with Crippen molar-refractivity contribution >= 4 is 28.9 Å². The van der Waals surface area contributed by atoms with Crippen LogP contribution in [0.3, 0.4) is 0 Å². The molecule has 0 fully saturated rings. The van der Waals surface area contributed by atoms with E-state index in [1.54, 1.807) is 0 Å². The van der Waals surface area contributed by atoms with E-state index in [1.807, 2.05) is 32.9 Å². The molecule has 0 atom stereocenters. The lowest BCUT2D eigenvalue weighted by atomic mass is 10.1. The van der Waals surface area contributed by atoms with Gasteiger partial charge in [-0.2, -0.15) is 4.98 Å². The van der Waals surface area contributed by atoms with E-state index < -0.39 is 5.97 Å². The number of halogens is 1. The van der Waals surface area contributed by atoms with Gasteiger partial charge in [-0.3, -0.25) is 0 Å². The van der Waals surface area contributed by atoms with E-state index in [9.17, 15) is 4.79 Å². The van der Waals surface area contributed by atoms with Crippen LogP contribution >= 0.6 is 22.9 Å². The third-order valence-electron chi connectivity index (χ3n) is 2.82. The van der Waals surface area contributed by atoms with Crippen molar-refractivity contribution in [3.05, 3.63) is 38.9 Å². The van der Waals surface area contributed by atoms with Crippen LogP contribution in [0.1, 0.15) is 26.4 Å². The summed E-state index contributed by atoms with van der Waals surface area (Å²) in [7, 11) is 0. The molecule has 2 aromatic rings. The number of carboxylic acid groups (broad SMARTS) is 1. The lowest BCUT2D eigenvalue weighted by molar-refractivity contribution is 0.0702. The van der Waals surface area contributed by atoms with Crippen LogP contribution in [0, 0.1) is 20.8 Å². The van der Waals surface area contributed by atoms with Crippen LogP contribution in [0.15, 0.2) is 12.1 Å². The molecule has 0 amide bonds. The zero-order valence-corrected chi connectivity index (χ0v) is 12.2. The van der Waals surface area contributed by atoms with Gasteiger partial charge in [0.1, 0.15) is 5.75 Å². The molecular weight excluding hydrogens is 286 g/mol. The summed E-state index contributed by atoms with van der Waals surface area (Å²) in [5.41, 5.74) is 3.07. The minimum atomic E-state index is -1.10. The zero-order valence-electron chi connectivity index (χ0n) is 10.7. The fraction of sp³-hybridized carbons (Fsp3) is 0.231. The predicted molar refractivity (Wildman–Crippen MR) is 74.8 cm³/mol. The summed E-state index contributed by atoms with van der Waals surface area (Å²) in [5, 5.41) is 9.12. The predicted octanol–water partition coefficient (Wildman–Crippen LogP) is 4.21. The first-order valence-corrected chi connectivity index (χ1v) is 6.74. The van der Waals surface area contributed by atoms with Gasteiger partial charge in [0.2, 0.25) is 0 Å². The lowest BCUT2D eigenvalue weighted by Gasteiger charge is -2.11.